The second-order valence-electron chi connectivity index (χ2n) is 6.57. The fraction of sp³-hybridized carbons (Fsp3) is 0.500. The molecule has 0 bridgehead atoms. The van der Waals surface area contributed by atoms with Crippen molar-refractivity contribution in [2.45, 2.75) is 38.1 Å². The number of H-pyrrole nitrogens is 1. The van der Waals surface area contributed by atoms with Crippen LogP contribution in [-0.2, 0) is 16.0 Å². The molecule has 2 heterocycles. The number of nitrogens with two attached hydrogens (primary N) is 1. The van der Waals surface area contributed by atoms with Gasteiger partial charge in [0.25, 0.3) is 6.47 Å². The van der Waals surface area contributed by atoms with Gasteiger partial charge in [-0.1, -0.05) is 0 Å². The number of anilines is 2. The molecule has 158 valence electrons. The smallest absolute Gasteiger partial charge is 0.290 e. The second-order valence-corrected chi connectivity index (χ2v) is 6.57. The fourth-order valence-corrected chi connectivity index (χ4v) is 3.22. The van der Waals surface area contributed by atoms with Crippen LogP contribution in [0.4, 0.5) is 11.8 Å². The molecule has 0 aromatic carbocycles. The summed E-state index contributed by atoms with van der Waals surface area (Å²) in [6.45, 7) is 0.374. The van der Waals surface area contributed by atoms with Gasteiger partial charge >= 0.3 is 0 Å². The lowest BCUT2D eigenvalue weighted by Gasteiger charge is -2.28. The van der Waals surface area contributed by atoms with E-state index in [9.17, 15) is 4.79 Å². The molecule has 1 aliphatic rings. The molecule has 1 aliphatic carbocycles. The fourth-order valence-electron chi connectivity index (χ4n) is 3.22. The van der Waals surface area contributed by atoms with Crippen molar-refractivity contribution in [2.75, 3.05) is 24.7 Å². The zero-order chi connectivity index (χ0) is 21.1. The van der Waals surface area contributed by atoms with E-state index < -0.39 is 0 Å². The molecule has 29 heavy (non-hydrogen) atoms. The number of nitrogen functional groups attached to an aromatic ring is 1. The molecule has 0 unspecified atom stereocenters. The van der Waals surface area contributed by atoms with Crippen molar-refractivity contribution < 1.29 is 19.4 Å². The SMILES string of the molecule is COc1cc(NC2CCC(C(=O)NCCc3cnc[nH]3)CC2)nc(N)n1.O=CO. The first-order valence-electron chi connectivity index (χ1n) is 9.33. The Kier molecular flexibility index (Phi) is 8.67. The van der Waals surface area contributed by atoms with Gasteiger partial charge in [-0.15, -0.1) is 0 Å². The minimum Gasteiger partial charge on any atom is -0.483 e. The summed E-state index contributed by atoms with van der Waals surface area (Å²) in [5, 5.41) is 13.3. The number of hydrogen-bond donors (Lipinski definition) is 5. The number of aromatic amines is 1. The van der Waals surface area contributed by atoms with E-state index in [1.165, 1.54) is 0 Å². The normalized spacial score (nSPS) is 18.1. The Hall–Kier alpha value is -3.37. The molecule has 1 fully saturated rings. The van der Waals surface area contributed by atoms with Crippen molar-refractivity contribution >= 4 is 24.1 Å². The predicted octanol–water partition coefficient (Wildman–Crippen LogP) is 0.821. The summed E-state index contributed by atoms with van der Waals surface area (Å²) in [5.41, 5.74) is 6.71. The molecule has 0 aliphatic heterocycles. The Morgan fingerprint density at radius 3 is 2.72 bits per heavy atom. The van der Waals surface area contributed by atoms with E-state index in [0.717, 1.165) is 37.8 Å². The molecule has 11 nitrogen and oxygen atoms in total. The number of carbonyl (C=O) groups excluding carboxylic acids is 1. The summed E-state index contributed by atoms with van der Waals surface area (Å²) in [6, 6.07) is 1.99. The maximum absolute atomic E-state index is 12.3. The molecule has 2 aromatic heterocycles. The van der Waals surface area contributed by atoms with Crippen LogP contribution in [0.25, 0.3) is 0 Å². The first kappa shape index (κ1) is 21.9. The number of imidazole rings is 1. The second kappa shape index (κ2) is 11.5. The van der Waals surface area contributed by atoms with Crippen LogP contribution >= 0.6 is 0 Å². The molecule has 2 aromatic rings. The average molecular weight is 405 g/mol. The molecule has 1 saturated carbocycles. The number of amides is 1. The average Bonchev–Trinajstić information content (AvgIpc) is 3.22. The molecule has 3 rings (SSSR count). The molecular formula is C18H27N7O4. The number of methoxy groups -OCH3 is 1. The molecule has 0 atom stereocenters. The third-order valence-corrected chi connectivity index (χ3v) is 4.63. The minimum absolute atomic E-state index is 0.0693. The van der Waals surface area contributed by atoms with Crippen LogP contribution < -0.4 is 21.1 Å². The van der Waals surface area contributed by atoms with Crippen molar-refractivity contribution in [1.82, 2.24) is 25.3 Å². The van der Waals surface area contributed by atoms with Gasteiger partial charge in [-0.3, -0.25) is 9.59 Å². The van der Waals surface area contributed by atoms with Gasteiger partial charge in [0.1, 0.15) is 5.82 Å². The number of carbonyl (C=O) groups is 2. The quantitative estimate of drug-likeness (QED) is 0.419. The predicted molar refractivity (Wildman–Crippen MR) is 106 cm³/mol. The van der Waals surface area contributed by atoms with Crippen molar-refractivity contribution in [3.63, 3.8) is 0 Å². The van der Waals surface area contributed by atoms with Gasteiger partial charge in [-0.2, -0.15) is 9.97 Å². The topological polar surface area (TPSA) is 168 Å². The van der Waals surface area contributed by atoms with Gasteiger partial charge in [0.15, 0.2) is 0 Å². The third kappa shape index (κ3) is 7.28. The number of carboxylic acid groups (broad SMARTS) is 1. The molecular weight excluding hydrogens is 378 g/mol. The molecule has 0 spiro atoms. The number of nitrogens with zero attached hydrogens (tertiary/aromatic N) is 3. The molecule has 0 radical (unpaired) electrons. The highest BCUT2D eigenvalue weighted by Crippen LogP contribution is 2.27. The largest absolute Gasteiger partial charge is 0.483 e. The number of ether oxygens (including phenoxy) is 1. The Balaban J connectivity index is 0.000000941. The number of rotatable bonds is 7. The first-order chi connectivity index (χ1) is 14.0. The number of aromatic nitrogens is 4. The summed E-state index contributed by atoms with van der Waals surface area (Å²) in [4.78, 5) is 35.8. The van der Waals surface area contributed by atoms with Gasteiger partial charge in [-0.25, -0.2) is 4.98 Å². The molecule has 6 N–H and O–H groups in total. The lowest BCUT2D eigenvalue weighted by Crippen LogP contribution is -2.36. The third-order valence-electron chi connectivity index (χ3n) is 4.63. The molecule has 0 saturated heterocycles. The zero-order valence-electron chi connectivity index (χ0n) is 16.3. The summed E-state index contributed by atoms with van der Waals surface area (Å²) in [7, 11) is 1.54. The highest BCUT2D eigenvalue weighted by Gasteiger charge is 2.26. The lowest BCUT2D eigenvalue weighted by atomic mass is 9.85. The van der Waals surface area contributed by atoms with Crippen LogP contribution in [0.3, 0.4) is 0 Å². The van der Waals surface area contributed by atoms with Gasteiger partial charge in [0.05, 0.1) is 13.4 Å². The van der Waals surface area contributed by atoms with E-state index in [4.69, 9.17) is 20.4 Å². The van der Waals surface area contributed by atoms with Crippen LogP contribution in [-0.4, -0.2) is 57.1 Å². The van der Waals surface area contributed by atoms with E-state index >= 15 is 0 Å². The highest BCUT2D eigenvalue weighted by atomic mass is 16.5. The van der Waals surface area contributed by atoms with Crippen LogP contribution in [0.15, 0.2) is 18.6 Å². The summed E-state index contributed by atoms with van der Waals surface area (Å²) < 4.78 is 5.11. The van der Waals surface area contributed by atoms with Crippen molar-refractivity contribution in [1.29, 1.82) is 0 Å². The standard InChI is InChI=1S/C17H25N7O2.CH2O2/c1-26-15-8-14(23-17(18)24-15)22-12-4-2-11(3-5-12)16(25)20-7-6-13-9-19-10-21-13;2-1-3/h8-12H,2-7H2,1H3,(H,19,21)(H,20,25)(H3,18,22,23,24);1H,(H,2,3). The summed E-state index contributed by atoms with van der Waals surface area (Å²) >= 11 is 0. The maximum Gasteiger partial charge on any atom is 0.290 e. The molecule has 1 amide bonds. The zero-order valence-corrected chi connectivity index (χ0v) is 16.3. The van der Waals surface area contributed by atoms with E-state index in [2.05, 4.69) is 30.6 Å². The first-order valence-corrected chi connectivity index (χ1v) is 9.33. The Bertz CT molecular complexity index is 762. The van der Waals surface area contributed by atoms with Crippen LogP contribution in [0.5, 0.6) is 5.88 Å². The Labute approximate surface area is 168 Å². The van der Waals surface area contributed by atoms with Crippen LogP contribution in [0.2, 0.25) is 0 Å². The van der Waals surface area contributed by atoms with Gasteiger partial charge in [0, 0.05) is 42.9 Å². The van der Waals surface area contributed by atoms with Gasteiger partial charge in [-0.05, 0) is 25.7 Å². The summed E-state index contributed by atoms with van der Waals surface area (Å²) in [5.74, 6) is 1.47. The van der Waals surface area contributed by atoms with Gasteiger partial charge in [0.2, 0.25) is 17.7 Å². The van der Waals surface area contributed by atoms with Crippen molar-refractivity contribution in [2.24, 2.45) is 5.92 Å². The Morgan fingerprint density at radius 1 is 1.38 bits per heavy atom. The number of hydrogen-bond acceptors (Lipinski definition) is 8. The number of nitrogens with one attached hydrogen (secondary N) is 3. The highest BCUT2D eigenvalue weighted by molar-refractivity contribution is 5.78. The minimum atomic E-state index is -0.250. The monoisotopic (exact) mass is 405 g/mol. The van der Waals surface area contributed by atoms with Crippen molar-refractivity contribution in [3.05, 3.63) is 24.3 Å². The van der Waals surface area contributed by atoms with Crippen LogP contribution in [0.1, 0.15) is 31.4 Å². The van der Waals surface area contributed by atoms with Crippen molar-refractivity contribution in [3.8, 4) is 5.88 Å². The summed E-state index contributed by atoms with van der Waals surface area (Å²) in [6.07, 6.45) is 7.70. The van der Waals surface area contributed by atoms with E-state index in [1.54, 1.807) is 25.7 Å². The Morgan fingerprint density at radius 2 is 2.10 bits per heavy atom. The maximum atomic E-state index is 12.3. The van der Waals surface area contributed by atoms with Gasteiger partial charge < -0.3 is 31.2 Å². The van der Waals surface area contributed by atoms with E-state index in [0.29, 0.717) is 18.2 Å². The lowest BCUT2D eigenvalue weighted by molar-refractivity contribution is -0.126. The van der Waals surface area contributed by atoms with E-state index in [-0.39, 0.29) is 30.3 Å². The van der Waals surface area contributed by atoms with E-state index in [1.807, 2.05) is 0 Å². The van der Waals surface area contributed by atoms with Crippen LogP contribution in [0, 0.1) is 5.92 Å². The molecule has 11 heteroatoms.